The number of imidazole rings is 1. The fraction of sp³-hybridized carbons (Fsp3) is 0.568. The van der Waals surface area contributed by atoms with Crippen molar-refractivity contribution in [1.29, 1.82) is 0 Å². The molecule has 0 aliphatic carbocycles. The number of aromatic hydroxyl groups is 1. The second kappa shape index (κ2) is 22.0. The molecule has 7 atom stereocenters. The Bertz CT molecular complexity index is 1600. The molecule has 55 heavy (non-hydrogen) atoms. The number of aliphatic carboxylic acids is 1. The summed E-state index contributed by atoms with van der Waals surface area (Å²) in [5.41, 5.74) is 6.87. The van der Waals surface area contributed by atoms with Gasteiger partial charge in [0, 0.05) is 24.7 Å². The van der Waals surface area contributed by atoms with Gasteiger partial charge in [0.15, 0.2) is 0 Å². The summed E-state index contributed by atoms with van der Waals surface area (Å²) >= 11 is 0. The number of aromatic nitrogens is 2. The zero-order valence-corrected chi connectivity index (χ0v) is 32.5. The first-order valence-electron chi connectivity index (χ1n) is 18.3. The fourth-order valence-electron chi connectivity index (χ4n) is 5.33. The van der Waals surface area contributed by atoms with E-state index in [1.165, 1.54) is 31.6 Å². The Kier molecular flexibility index (Phi) is 18.3. The number of benzene rings is 1. The Morgan fingerprint density at radius 2 is 1.38 bits per heavy atom. The number of nitrogens with zero attached hydrogens (tertiary/aromatic N) is 1. The zero-order valence-electron chi connectivity index (χ0n) is 32.5. The van der Waals surface area contributed by atoms with E-state index in [1.54, 1.807) is 39.8 Å². The molecule has 1 aromatic heterocycles. The Labute approximate surface area is 320 Å². The minimum Gasteiger partial charge on any atom is -0.508 e. The van der Waals surface area contributed by atoms with Crippen LogP contribution in [0.2, 0.25) is 0 Å². The maximum atomic E-state index is 14.0. The molecule has 0 spiro atoms. The summed E-state index contributed by atoms with van der Waals surface area (Å²) in [6.07, 6.45) is 3.24. The van der Waals surface area contributed by atoms with Crippen LogP contribution in [0.3, 0.4) is 0 Å². The molecular weight excluding hydrogens is 714 g/mol. The largest absolute Gasteiger partial charge is 0.508 e. The van der Waals surface area contributed by atoms with Gasteiger partial charge in [-0.15, -0.1) is 0 Å². The third-order valence-corrected chi connectivity index (χ3v) is 8.95. The summed E-state index contributed by atoms with van der Waals surface area (Å²) in [5.74, 6) is -6.11. The van der Waals surface area contributed by atoms with Gasteiger partial charge >= 0.3 is 5.97 Å². The summed E-state index contributed by atoms with van der Waals surface area (Å²) in [4.78, 5) is 97.9. The van der Waals surface area contributed by atoms with Crippen LogP contribution in [0.15, 0.2) is 36.8 Å². The van der Waals surface area contributed by atoms with Crippen LogP contribution < -0.4 is 37.6 Å². The van der Waals surface area contributed by atoms with Crippen molar-refractivity contribution >= 4 is 41.4 Å². The highest BCUT2D eigenvalue weighted by Gasteiger charge is 2.34. The highest BCUT2D eigenvalue weighted by Crippen LogP contribution is 2.14. The van der Waals surface area contributed by atoms with Crippen molar-refractivity contribution in [2.24, 2.45) is 23.5 Å². The van der Waals surface area contributed by atoms with Crippen LogP contribution >= 0.6 is 0 Å². The first-order chi connectivity index (χ1) is 25.8. The van der Waals surface area contributed by atoms with Crippen LogP contribution in [0.25, 0.3) is 0 Å². The Hall–Kier alpha value is -5.52. The lowest BCUT2D eigenvalue weighted by Gasteiger charge is -2.29. The van der Waals surface area contributed by atoms with Gasteiger partial charge < -0.3 is 52.8 Å². The van der Waals surface area contributed by atoms with Gasteiger partial charge in [-0.2, -0.15) is 0 Å². The van der Waals surface area contributed by atoms with Gasteiger partial charge in [0.05, 0.1) is 18.9 Å². The molecule has 0 bridgehead atoms. The number of rotatable bonds is 22. The van der Waals surface area contributed by atoms with E-state index in [1.807, 2.05) is 13.8 Å². The first kappa shape index (κ1) is 45.6. The van der Waals surface area contributed by atoms with E-state index < -0.39 is 90.1 Å². The maximum absolute atomic E-state index is 14.0. The number of amides is 6. The number of carbonyl (C=O) groups is 7. The number of hydrogen-bond donors (Lipinski definition) is 10. The van der Waals surface area contributed by atoms with Gasteiger partial charge in [0.25, 0.3) is 0 Å². The molecule has 2 aromatic rings. The molecule has 0 unspecified atom stereocenters. The van der Waals surface area contributed by atoms with E-state index >= 15 is 0 Å². The molecule has 304 valence electrons. The van der Waals surface area contributed by atoms with Crippen molar-refractivity contribution in [2.45, 2.75) is 110 Å². The normalized spacial score (nSPS) is 15.0. The van der Waals surface area contributed by atoms with Gasteiger partial charge in [-0.3, -0.25) is 28.8 Å². The van der Waals surface area contributed by atoms with E-state index in [4.69, 9.17) is 5.73 Å². The monoisotopic (exact) mass is 771 g/mol. The van der Waals surface area contributed by atoms with Crippen molar-refractivity contribution < 1.29 is 43.8 Å². The Morgan fingerprint density at radius 3 is 1.93 bits per heavy atom. The van der Waals surface area contributed by atoms with Crippen LogP contribution in [-0.4, -0.2) is 104 Å². The van der Waals surface area contributed by atoms with Crippen LogP contribution in [0.5, 0.6) is 5.75 Å². The first-order valence-corrected chi connectivity index (χ1v) is 18.3. The van der Waals surface area contributed by atoms with E-state index in [2.05, 4.69) is 41.9 Å². The van der Waals surface area contributed by atoms with Crippen LogP contribution in [0.1, 0.15) is 72.6 Å². The lowest BCUT2D eigenvalue weighted by Crippen LogP contribution is -2.60. The number of carboxylic acids is 1. The number of nitrogens with one attached hydrogen (secondary N) is 7. The summed E-state index contributed by atoms with van der Waals surface area (Å²) in [5, 5.41) is 35.0. The smallest absolute Gasteiger partial charge is 0.326 e. The number of nitrogens with two attached hydrogens (primary N) is 1. The molecule has 2 rings (SSSR count). The SMILES string of the molecule is CC[C@@H](C)[C@H](NC(=O)[C@H](Cc1ccc(O)cc1)NC(=O)[C@H](CC(C)C)NC(=O)CNC(=O)[C@H](C)NC(=O)[C@@H](N)C(C)C)C(=O)N[C@@H](Cc1cnc[nH]1)C(=O)O. The van der Waals surface area contributed by atoms with Gasteiger partial charge in [-0.25, -0.2) is 9.78 Å². The fourth-order valence-corrected chi connectivity index (χ4v) is 5.33. The summed E-state index contributed by atoms with van der Waals surface area (Å²) in [6, 6.07) is -0.836. The minimum absolute atomic E-state index is 0.0203. The van der Waals surface area contributed by atoms with E-state index in [0.717, 1.165) is 0 Å². The number of aromatic amines is 1. The van der Waals surface area contributed by atoms with Crippen molar-refractivity contribution in [2.75, 3.05) is 6.54 Å². The molecule has 0 saturated carbocycles. The highest BCUT2D eigenvalue weighted by atomic mass is 16.4. The predicted molar refractivity (Wildman–Crippen MR) is 202 cm³/mol. The molecule has 1 heterocycles. The van der Waals surface area contributed by atoms with Crippen molar-refractivity contribution in [3.8, 4) is 5.75 Å². The van der Waals surface area contributed by atoms with Crippen molar-refractivity contribution in [1.82, 2.24) is 41.9 Å². The third kappa shape index (κ3) is 15.4. The molecule has 1 aromatic carbocycles. The highest BCUT2D eigenvalue weighted by molar-refractivity contribution is 5.96. The summed E-state index contributed by atoms with van der Waals surface area (Å²) < 4.78 is 0. The quantitative estimate of drug-likeness (QED) is 0.0736. The second-order valence-corrected chi connectivity index (χ2v) is 14.5. The average Bonchev–Trinajstić information content (AvgIpc) is 3.64. The predicted octanol–water partition coefficient (Wildman–Crippen LogP) is -0.379. The maximum Gasteiger partial charge on any atom is 0.326 e. The molecule has 11 N–H and O–H groups in total. The van der Waals surface area contributed by atoms with Crippen molar-refractivity contribution in [3.63, 3.8) is 0 Å². The number of phenolic OH excluding ortho intramolecular Hbond substituents is 1. The molecule has 18 heteroatoms. The number of carbonyl (C=O) groups excluding carboxylic acids is 6. The number of phenols is 1. The van der Waals surface area contributed by atoms with E-state index in [0.29, 0.717) is 17.7 Å². The van der Waals surface area contributed by atoms with E-state index in [-0.39, 0.29) is 36.8 Å². The lowest BCUT2D eigenvalue weighted by atomic mass is 9.96. The molecule has 0 fully saturated rings. The molecule has 0 aliphatic rings. The number of carboxylic acid groups (broad SMARTS) is 1. The summed E-state index contributed by atoms with van der Waals surface area (Å²) in [6.45, 7) is 11.6. The molecule has 6 amide bonds. The standard InChI is InChI=1S/C37H57N9O9/c1-8-21(6)31(36(53)45-28(37(54)55)15-24-16-39-18-41-24)46-34(51)27(14-23-9-11-25(47)12-10-23)44-33(50)26(13-19(2)3)43-29(48)17-40-32(49)22(7)42-35(52)30(38)20(4)5/h9-12,16,18-22,26-28,30-31,47H,8,13-15,17,38H2,1-7H3,(H,39,41)(H,40,49)(H,42,52)(H,43,48)(H,44,50)(H,45,53)(H,46,51)(H,54,55)/t21-,22+,26+,27+,28+,30+,31+/m1/s1. The van der Waals surface area contributed by atoms with E-state index in [9.17, 15) is 43.8 Å². The topological polar surface area (TPSA) is 287 Å². The molecule has 0 radical (unpaired) electrons. The number of hydrogen-bond acceptors (Lipinski definition) is 10. The van der Waals surface area contributed by atoms with Crippen LogP contribution in [0, 0.1) is 17.8 Å². The van der Waals surface area contributed by atoms with Crippen LogP contribution in [-0.2, 0) is 46.4 Å². The minimum atomic E-state index is -1.33. The molecule has 0 saturated heterocycles. The molecule has 18 nitrogen and oxygen atoms in total. The van der Waals surface area contributed by atoms with Gasteiger partial charge in [-0.05, 0) is 48.8 Å². The van der Waals surface area contributed by atoms with Crippen molar-refractivity contribution in [3.05, 3.63) is 48.0 Å². The molecule has 0 aliphatic heterocycles. The molecular formula is C37H57N9O9. The Morgan fingerprint density at radius 1 is 0.764 bits per heavy atom. The van der Waals surface area contributed by atoms with Crippen LogP contribution in [0.4, 0.5) is 0 Å². The van der Waals surface area contributed by atoms with Gasteiger partial charge in [0.2, 0.25) is 35.4 Å². The lowest BCUT2D eigenvalue weighted by molar-refractivity contribution is -0.142. The zero-order chi connectivity index (χ0) is 41.4. The second-order valence-electron chi connectivity index (χ2n) is 14.5. The van der Waals surface area contributed by atoms with Gasteiger partial charge in [0.1, 0.15) is 36.0 Å². The third-order valence-electron chi connectivity index (χ3n) is 8.95. The summed E-state index contributed by atoms with van der Waals surface area (Å²) in [7, 11) is 0. The average molecular weight is 772 g/mol. The van der Waals surface area contributed by atoms with Gasteiger partial charge in [-0.1, -0.05) is 60.1 Å². The Balaban J connectivity index is 2.25. The number of H-pyrrole nitrogens is 1.